The van der Waals surface area contributed by atoms with Gasteiger partial charge in [-0.2, -0.15) is 4.31 Å². The lowest BCUT2D eigenvalue weighted by atomic mass is 10.2. The van der Waals surface area contributed by atoms with Crippen LogP contribution in [0.15, 0.2) is 53.4 Å². The second-order valence-corrected chi connectivity index (χ2v) is 7.25. The van der Waals surface area contributed by atoms with E-state index in [0.29, 0.717) is 11.3 Å². The first-order valence-electron chi connectivity index (χ1n) is 7.26. The molecule has 0 aromatic heterocycles. The zero-order valence-electron chi connectivity index (χ0n) is 13.4. The molecule has 0 saturated heterocycles. The van der Waals surface area contributed by atoms with E-state index in [-0.39, 0.29) is 29.6 Å². The fourth-order valence-corrected chi connectivity index (χ4v) is 3.14. The molecule has 0 aliphatic carbocycles. The number of nitrogens with zero attached hydrogens (tertiary/aromatic N) is 1. The highest BCUT2D eigenvalue weighted by Gasteiger charge is 2.20. The van der Waals surface area contributed by atoms with Gasteiger partial charge in [0, 0.05) is 19.2 Å². The van der Waals surface area contributed by atoms with Crippen molar-refractivity contribution < 1.29 is 22.3 Å². The molecule has 0 saturated carbocycles. The molecule has 2 rings (SSSR count). The summed E-state index contributed by atoms with van der Waals surface area (Å²) in [6.45, 7) is 1.68. The number of carbonyl (C=O) groups is 1. The minimum absolute atomic E-state index is 0.108. The maximum atomic E-state index is 12.8. The van der Waals surface area contributed by atoms with Crippen LogP contribution < -0.4 is 4.74 Å². The number of Topliss-reactive ketones (excluding diaryl/α,β-unsaturated/α-hetero) is 1. The zero-order valence-corrected chi connectivity index (χ0v) is 14.2. The fourth-order valence-electron chi connectivity index (χ4n) is 1.98. The van der Waals surface area contributed by atoms with Crippen LogP contribution in [0.1, 0.15) is 17.3 Å². The minimum atomic E-state index is -3.66. The highest BCUT2D eigenvalue weighted by atomic mass is 32.2. The van der Waals surface area contributed by atoms with Crippen molar-refractivity contribution in [1.29, 1.82) is 0 Å². The SMILES string of the molecule is CC(=O)c1ccc(S(=O)(=O)N(C)CCOc2ccc(F)cc2)cc1. The zero-order chi connectivity index (χ0) is 17.7. The Kier molecular flexibility index (Phi) is 5.69. The van der Waals surface area contributed by atoms with E-state index in [0.717, 1.165) is 0 Å². The number of benzene rings is 2. The number of ketones is 1. The summed E-state index contributed by atoms with van der Waals surface area (Å²) in [6.07, 6.45) is 0. The van der Waals surface area contributed by atoms with Crippen LogP contribution in [0, 0.1) is 5.82 Å². The third-order valence-electron chi connectivity index (χ3n) is 3.46. The standard InChI is InChI=1S/C17H18FNO4S/c1-13(20)14-3-9-17(10-4-14)24(21,22)19(2)11-12-23-16-7-5-15(18)6-8-16/h3-10H,11-12H2,1-2H3. The first kappa shape index (κ1) is 18.1. The summed E-state index contributed by atoms with van der Waals surface area (Å²) in [7, 11) is -2.21. The first-order valence-corrected chi connectivity index (χ1v) is 8.70. The lowest BCUT2D eigenvalue weighted by Gasteiger charge is -2.17. The molecule has 128 valence electrons. The number of sulfonamides is 1. The van der Waals surface area contributed by atoms with E-state index in [4.69, 9.17) is 4.74 Å². The van der Waals surface area contributed by atoms with Gasteiger partial charge in [0.15, 0.2) is 5.78 Å². The van der Waals surface area contributed by atoms with Crippen LogP contribution in [-0.4, -0.2) is 38.7 Å². The lowest BCUT2D eigenvalue weighted by molar-refractivity contribution is 0.101. The molecule has 0 bridgehead atoms. The van der Waals surface area contributed by atoms with Gasteiger partial charge in [-0.15, -0.1) is 0 Å². The van der Waals surface area contributed by atoms with Gasteiger partial charge in [0.05, 0.1) is 4.90 Å². The molecule has 7 heteroatoms. The summed E-state index contributed by atoms with van der Waals surface area (Å²) >= 11 is 0. The number of halogens is 1. The van der Waals surface area contributed by atoms with Crippen molar-refractivity contribution in [3.05, 3.63) is 59.9 Å². The molecule has 0 spiro atoms. The number of ether oxygens (including phenoxy) is 1. The average molecular weight is 351 g/mol. The number of likely N-dealkylation sites (N-methyl/N-ethyl adjacent to an activating group) is 1. The molecule has 24 heavy (non-hydrogen) atoms. The molecule has 0 radical (unpaired) electrons. The predicted molar refractivity (Wildman–Crippen MR) is 88.2 cm³/mol. The van der Waals surface area contributed by atoms with E-state index < -0.39 is 10.0 Å². The molecule has 0 atom stereocenters. The monoisotopic (exact) mass is 351 g/mol. The third-order valence-corrected chi connectivity index (χ3v) is 5.33. The Hall–Kier alpha value is -2.25. The van der Waals surface area contributed by atoms with Crippen molar-refractivity contribution in [3.63, 3.8) is 0 Å². The summed E-state index contributed by atoms with van der Waals surface area (Å²) in [5.74, 6) is -0.0240. The topological polar surface area (TPSA) is 63.7 Å². The van der Waals surface area contributed by atoms with Crippen LogP contribution in [0.25, 0.3) is 0 Å². The van der Waals surface area contributed by atoms with Gasteiger partial charge in [-0.25, -0.2) is 12.8 Å². The Morgan fingerprint density at radius 2 is 1.67 bits per heavy atom. The molecular weight excluding hydrogens is 333 g/mol. The van der Waals surface area contributed by atoms with E-state index in [9.17, 15) is 17.6 Å². The van der Waals surface area contributed by atoms with Crippen molar-refractivity contribution >= 4 is 15.8 Å². The fraction of sp³-hybridized carbons (Fsp3) is 0.235. The summed E-state index contributed by atoms with van der Waals surface area (Å²) in [5.41, 5.74) is 0.455. The molecule has 0 aliphatic rings. The van der Waals surface area contributed by atoms with Crippen LogP contribution in [0.3, 0.4) is 0 Å². The van der Waals surface area contributed by atoms with Gasteiger partial charge in [-0.3, -0.25) is 4.79 Å². The normalized spacial score (nSPS) is 11.5. The van der Waals surface area contributed by atoms with Gasteiger partial charge >= 0.3 is 0 Å². The Morgan fingerprint density at radius 1 is 1.08 bits per heavy atom. The smallest absolute Gasteiger partial charge is 0.242 e. The van der Waals surface area contributed by atoms with Crippen LogP contribution >= 0.6 is 0 Å². The van der Waals surface area contributed by atoms with Crippen molar-refractivity contribution in [2.45, 2.75) is 11.8 Å². The predicted octanol–water partition coefficient (Wildman–Crippen LogP) is 2.73. The third kappa shape index (κ3) is 4.39. The molecule has 0 fully saturated rings. The Morgan fingerprint density at radius 3 is 2.21 bits per heavy atom. The Balaban J connectivity index is 1.98. The van der Waals surface area contributed by atoms with Gasteiger partial charge in [-0.1, -0.05) is 12.1 Å². The van der Waals surface area contributed by atoms with E-state index in [2.05, 4.69) is 0 Å². The quantitative estimate of drug-likeness (QED) is 0.720. The maximum absolute atomic E-state index is 12.8. The summed E-state index contributed by atoms with van der Waals surface area (Å²) in [4.78, 5) is 11.3. The lowest BCUT2D eigenvalue weighted by Crippen LogP contribution is -2.31. The second-order valence-electron chi connectivity index (χ2n) is 5.21. The molecule has 0 heterocycles. The Labute approximate surface area is 140 Å². The molecule has 0 N–H and O–H groups in total. The molecule has 0 unspecified atom stereocenters. The van der Waals surface area contributed by atoms with E-state index in [1.54, 1.807) is 0 Å². The Bertz CT molecular complexity index is 801. The van der Waals surface area contributed by atoms with Gasteiger partial charge < -0.3 is 4.74 Å². The maximum Gasteiger partial charge on any atom is 0.242 e. The number of hydrogen-bond donors (Lipinski definition) is 0. The molecule has 5 nitrogen and oxygen atoms in total. The van der Waals surface area contributed by atoms with Crippen LogP contribution in [0.4, 0.5) is 4.39 Å². The summed E-state index contributed by atoms with van der Waals surface area (Å²) in [5, 5.41) is 0. The molecule has 0 aliphatic heterocycles. The van der Waals surface area contributed by atoms with E-state index >= 15 is 0 Å². The number of hydrogen-bond acceptors (Lipinski definition) is 4. The van der Waals surface area contributed by atoms with Gasteiger partial charge in [-0.05, 0) is 43.3 Å². The van der Waals surface area contributed by atoms with Crippen LogP contribution in [-0.2, 0) is 10.0 Å². The highest BCUT2D eigenvalue weighted by molar-refractivity contribution is 7.89. The van der Waals surface area contributed by atoms with Gasteiger partial charge in [0.1, 0.15) is 18.2 Å². The average Bonchev–Trinajstić information content (AvgIpc) is 2.56. The van der Waals surface area contributed by atoms with Crippen molar-refractivity contribution in [2.24, 2.45) is 0 Å². The second kappa shape index (κ2) is 7.55. The van der Waals surface area contributed by atoms with E-state index in [1.807, 2.05) is 0 Å². The molecule has 0 amide bonds. The van der Waals surface area contributed by atoms with Crippen LogP contribution in [0.5, 0.6) is 5.75 Å². The summed E-state index contributed by atoms with van der Waals surface area (Å²) < 4.78 is 44.2. The van der Waals surface area contributed by atoms with Crippen molar-refractivity contribution in [1.82, 2.24) is 4.31 Å². The van der Waals surface area contributed by atoms with Crippen LogP contribution in [0.2, 0.25) is 0 Å². The van der Waals surface area contributed by atoms with E-state index in [1.165, 1.54) is 66.8 Å². The number of rotatable bonds is 7. The number of carbonyl (C=O) groups excluding carboxylic acids is 1. The van der Waals surface area contributed by atoms with Gasteiger partial charge in [0.2, 0.25) is 10.0 Å². The first-order chi connectivity index (χ1) is 11.3. The molecule has 2 aromatic carbocycles. The minimum Gasteiger partial charge on any atom is -0.492 e. The highest BCUT2D eigenvalue weighted by Crippen LogP contribution is 2.16. The molecule has 2 aromatic rings. The van der Waals surface area contributed by atoms with Crippen molar-refractivity contribution in [2.75, 3.05) is 20.2 Å². The summed E-state index contributed by atoms with van der Waals surface area (Å²) in [6, 6.07) is 11.3. The van der Waals surface area contributed by atoms with Gasteiger partial charge in [0.25, 0.3) is 0 Å². The largest absolute Gasteiger partial charge is 0.492 e. The molecular formula is C17H18FNO4S. The van der Waals surface area contributed by atoms with Crippen molar-refractivity contribution in [3.8, 4) is 5.75 Å².